The highest BCUT2D eigenvalue weighted by Gasteiger charge is 2.76. The second-order valence-electron chi connectivity index (χ2n) is 8.93. The molecule has 3 saturated heterocycles. The standard InChI is InChI=1S/C23H34N2O5S/c1-6-8-12-30-22(29)17-16-13-15(5)23(31-16)18(17)20(27)25(10-11-26)19(23)21(28)24(9-7-2)14(3)4/h6-7,14-19,26H,1-2,8-13H2,3-5H3/t15?,16-,17+,18+,19?,23?/m1/s1. The Bertz CT molecular complexity index is 756. The Morgan fingerprint density at radius 3 is 2.68 bits per heavy atom. The third-order valence-corrected chi connectivity index (χ3v) is 8.97. The van der Waals surface area contributed by atoms with Crippen molar-refractivity contribution in [1.82, 2.24) is 9.80 Å². The van der Waals surface area contributed by atoms with Gasteiger partial charge in [0.1, 0.15) is 6.04 Å². The topological polar surface area (TPSA) is 87.1 Å². The Morgan fingerprint density at radius 1 is 1.39 bits per heavy atom. The molecular weight excluding hydrogens is 416 g/mol. The Kier molecular flexibility index (Phi) is 7.21. The zero-order valence-electron chi connectivity index (χ0n) is 18.7. The van der Waals surface area contributed by atoms with E-state index < -0.39 is 22.6 Å². The smallest absolute Gasteiger partial charge is 0.310 e. The summed E-state index contributed by atoms with van der Waals surface area (Å²) < 4.78 is 4.78. The maximum absolute atomic E-state index is 13.8. The summed E-state index contributed by atoms with van der Waals surface area (Å²) in [5, 5.41) is 9.62. The van der Waals surface area contributed by atoms with Crippen molar-refractivity contribution in [3.05, 3.63) is 25.3 Å². The number of β-amino-alcohol motifs (C(OH)–C–C–N with tert-alkyl or cyclic N) is 1. The predicted octanol–water partition coefficient (Wildman–Crippen LogP) is 1.86. The highest BCUT2D eigenvalue weighted by atomic mass is 32.2. The van der Waals surface area contributed by atoms with E-state index in [1.165, 1.54) is 4.90 Å². The van der Waals surface area contributed by atoms with Crippen molar-refractivity contribution in [3.63, 3.8) is 0 Å². The second-order valence-corrected chi connectivity index (χ2v) is 10.5. The molecule has 0 saturated carbocycles. The fraction of sp³-hybridized carbons (Fsp3) is 0.696. The zero-order valence-corrected chi connectivity index (χ0v) is 19.5. The summed E-state index contributed by atoms with van der Waals surface area (Å²) in [5.41, 5.74) is 0. The maximum Gasteiger partial charge on any atom is 0.310 e. The van der Waals surface area contributed by atoms with E-state index in [9.17, 15) is 19.5 Å². The van der Waals surface area contributed by atoms with Crippen LogP contribution >= 0.6 is 11.8 Å². The minimum Gasteiger partial charge on any atom is -0.465 e. The number of likely N-dealkylation sites (tertiary alicyclic amines) is 1. The number of hydrogen-bond acceptors (Lipinski definition) is 6. The van der Waals surface area contributed by atoms with E-state index >= 15 is 0 Å². The lowest BCUT2D eigenvalue weighted by Gasteiger charge is -2.41. The molecule has 172 valence electrons. The first-order valence-corrected chi connectivity index (χ1v) is 11.9. The Balaban J connectivity index is 2.01. The van der Waals surface area contributed by atoms with Crippen molar-refractivity contribution in [3.8, 4) is 0 Å². The molecule has 31 heavy (non-hydrogen) atoms. The van der Waals surface area contributed by atoms with Crippen LogP contribution in [-0.2, 0) is 19.1 Å². The number of esters is 1. The molecule has 7 nitrogen and oxygen atoms in total. The number of carbonyl (C=O) groups excluding carboxylic acids is 3. The van der Waals surface area contributed by atoms with Gasteiger partial charge in [0.25, 0.3) is 0 Å². The molecule has 0 radical (unpaired) electrons. The molecule has 3 fully saturated rings. The number of nitrogens with zero attached hydrogens (tertiary/aromatic N) is 2. The molecule has 6 atom stereocenters. The SMILES string of the molecule is C=CCCOC(=O)[C@@H]1[C@H]2C(=O)N(CCO)C(C(=O)N(CC=C)C(C)C)C23S[C@@H]1CC3C. The monoisotopic (exact) mass is 450 g/mol. The van der Waals surface area contributed by atoms with Crippen LogP contribution in [0, 0.1) is 17.8 Å². The number of hydrogen-bond donors (Lipinski definition) is 1. The van der Waals surface area contributed by atoms with Crippen LogP contribution in [0.3, 0.4) is 0 Å². The van der Waals surface area contributed by atoms with Gasteiger partial charge in [0, 0.05) is 24.4 Å². The quantitative estimate of drug-likeness (QED) is 0.311. The number of carbonyl (C=O) groups is 3. The van der Waals surface area contributed by atoms with Crippen molar-refractivity contribution in [2.75, 3.05) is 26.3 Å². The molecular formula is C23H34N2O5S. The number of aliphatic hydroxyl groups is 1. The van der Waals surface area contributed by atoms with Gasteiger partial charge in [-0.05, 0) is 32.6 Å². The molecule has 3 aliphatic rings. The molecule has 0 aromatic rings. The largest absolute Gasteiger partial charge is 0.465 e. The molecule has 2 amide bonds. The van der Waals surface area contributed by atoms with Gasteiger partial charge in [-0.25, -0.2) is 0 Å². The van der Waals surface area contributed by atoms with E-state index in [2.05, 4.69) is 20.1 Å². The van der Waals surface area contributed by atoms with Crippen LogP contribution in [-0.4, -0.2) is 81.1 Å². The number of ether oxygens (including phenoxy) is 1. The van der Waals surface area contributed by atoms with Gasteiger partial charge in [0.05, 0.1) is 29.8 Å². The van der Waals surface area contributed by atoms with Crippen LogP contribution in [0.5, 0.6) is 0 Å². The van der Waals surface area contributed by atoms with E-state index in [4.69, 9.17) is 4.74 Å². The van der Waals surface area contributed by atoms with E-state index in [1.807, 2.05) is 13.8 Å². The van der Waals surface area contributed by atoms with Crippen molar-refractivity contribution in [1.29, 1.82) is 0 Å². The second kappa shape index (κ2) is 9.36. The van der Waals surface area contributed by atoms with Crippen molar-refractivity contribution in [2.24, 2.45) is 17.8 Å². The van der Waals surface area contributed by atoms with Crippen LogP contribution < -0.4 is 0 Å². The lowest BCUT2D eigenvalue weighted by molar-refractivity contribution is -0.154. The molecule has 2 bridgehead atoms. The molecule has 1 N–H and O–H groups in total. The molecule has 0 aromatic carbocycles. The number of aliphatic hydroxyl groups excluding tert-OH is 1. The first-order chi connectivity index (χ1) is 14.8. The van der Waals surface area contributed by atoms with Gasteiger partial charge in [0.2, 0.25) is 11.8 Å². The molecule has 1 spiro atoms. The summed E-state index contributed by atoms with van der Waals surface area (Å²) >= 11 is 1.61. The van der Waals surface area contributed by atoms with E-state index in [1.54, 1.807) is 28.8 Å². The summed E-state index contributed by atoms with van der Waals surface area (Å²) in [6.07, 6.45) is 4.68. The van der Waals surface area contributed by atoms with Gasteiger partial charge < -0.3 is 19.6 Å². The molecule has 3 aliphatic heterocycles. The summed E-state index contributed by atoms with van der Waals surface area (Å²) in [4.78, 5) is 43.7. The summed E-state index contributed by atoms with van der Waals surface area (Å²) in [6.45, 7) is 13.8. The number of thioether (sulfide) groups is 1. The summed E-state index contributed by atoms with van der Waals surface area (Å²) in [7, 11) is 0. The fourth-order valence-corrected chi connectivity index (χ4v) is 8.01. The minimum atomic E-state index is -0.713. The van der Waals surface area contributed by atoms with Gasteiger partial charge in [0.15, 0.2) is 0 Å². The fourth-order valence-electron chi connectivity index (χ4n) is 5.61. The van der Waals surface area contributed by atoms with Crippen LogP contribution in [0.15, 0.2) is 25.3 Å². The molecule has 3 heterocycles. The van der Waals surface area contributed by atoms with E-state index in [0.717, 1.165) is 6.42 Å². The minimum absolute atomic E-state index is 0.0429. The summed E-state index contributed by atoms with van der Waals surface area (Å²) in [6, 6.07) is -0.777. The molecule has 3 unspecified atom stereocenters. The number of amides is 2. The molecule has 0 aliphatic carbocycles. The van der Waals surface area contributed by atoms with Gasteiger partial charge in [-0.2, -0.15) is 0 Å². The van der Waals surface area contributed by atoms with Gasteiger partial charge in [-0.15, -0.1) is 24.9 Å². The summed E-state index contributed by atoms with van der Waals surface area (Å²) in [5.74, 6) is -1.81. The van der Waals surface area contributed by atoms with E-state index in [-0.39, 0.29) is 54.8 Å². The molecule has 0 aromatic heterocycles. The third kappa shape index (κ3) is 3.71. The molecule has 3 rings (SSSR count). The maximum atomic E-state index is 13.8. The van der Waals surface area contributed by atoms with E-state index in [0.29, 0.717) is 13.0 Å². The molecule has 8 heteroatoms. The van der Waals surface area contributed by atoms with Crippen molar-refractivity contribution >= 4 is 29.5 Å². The van der Waals surface area contributed by atoms with Gasteiger partial charge in [-0.3, -0.25) is 14.4 Å². The van der Waals surface area contributed by atoms with Gasteiger partial charge in [-0.1, -0.05) is 19.1 Å². The average molecular weight is 451 g/mol. The van der Waals surface area contributed by atoms with Crippen molar-refractivity contribution in [2.45, 2.75) is 55.7 Å². The van der Waals surface area contributed by atoms with Crippen LogP contribution in [0.25, 0.3) is 0 Å². The number of rotatable bonds is 10. The zero-order chi connectivity index (χ0) is 22.9. The predicted molar refractivity (Wildman–Crippen MR) is 120 cm³/mol. The van der Waals surface area contributed by atoms with Crippen LogP contribution in [0.2, 0.25) is 0 Å². The average Bonchev–Trinajstić information content (AvgIpc) is 3.30. The van der Waals surface area contributed by atoms with Crippen LogP contribution in [0.1, 0.15) is 33.6 Å². The Labute approximate surface area is 188 Å². The lowest BCUT2D eigenvalue weighted by atomic mass is 9.66. The Hall–Kier alpha value is -1.80. The van der Waals surface area contributed by atoms with Crippen molar-refractivity contribution < 1.29 is 24.2 Å². The highest BCUT2D eigenvalue weighted by molar-refractivity contribution is 8.02. The first kappa shape index (κ1) is 23.9. The normalized spacial score (nSPS) is 33.5. The van der Waals surface area contributed by atoms with Crippen LogP contribution in [0.4, 0.5) is 0 Å². The Morgan fingerprint density at radius 2 is 2.10 bits per heavy atom. The number of fused-ring (bicyclic) bond motifs is 1. The lowest BCUT2D eigenvalue weighted by Crippen LogP contribution is -2.58. The third-order valence-electron chi connectivity index (χ3n) is 6.89. The first-order valence-electron chi connectivity index (χ1n) is 11.0. The highest BCUT2D eigenvalue weighted by Crippen LogP contribution is 2.68. The van der Waals surface area contributed by atoms with Gasteiger partial charge >= 0.3 is 5.97 Å².